The van der Waals surface area contributed by atoms with E-state index in [9.17, 15) is 0 Å². The molecule has 0 aliphatic carbocycles. The fourth-order valence-corrected chi connectivity index (χ4v) is 3.67. The molecule has 7 heteroatoms. The predicted octanol–water partition coefficient (Wildman–Crippen LogP) is 4.61. The molecule has 0 saturated heterocycles. The summed E-state index contributed by atoms with van der Waals surface area (Å²) >= 11 is 13.9. The van der Waals surface area contributed by atoms with Crippen molar-refractivity contribution in [1.82, 2.24) is 14.9 Å². The highest BCUT2D eigenvalue weighted by atomic mass is 35.5. The fourth-order valence-electron chi connectivity index (χ4n) is 2.34. The summed E-state index contributed by atoms with van der Waals surface area (Å²) in [6, 6.07) is 15.4. The molecule has 1 aliphatic heterocycles. The van der Waals surface area contributed by atoms with Crippen LogP contribution in [0.1, 0.15) is 5.56 Å². The Hall–Kier alpha value is -1.82. The van der Waals surface area contributed by atoms with E-state index in [1.807, 2.05) is 36.4 Å². The smallest absolute Gasteiger partial charge is 0.186 e. The third-order valence-electron chi connectivity index (χ3n) is 3.45. The minimum absolute atomic E-state index is 0.528. The van der Waals surface area contributed by atoms with Crippen molar-refractivity contribution in [1.29, 1.82) is 0 Å². The van der Waals surface area contributed by atoms with E-state index in [-0.39, 0.29) is 0 Å². The van der Waals surface area contributed by atoms with Crippen molar-refractivity contribution in [3.63, 3.8) is 0 Å². The van der Waals surface area contributed by atoms with Crippen LogP contribution in [0, 0.1) is 0 Å². The summed E-state index contributed by atoms with van der Waals surface area (Å²) in [4.78, 5) is 0. The zero-order valence-corrected chi connectivity index (χ0v) is 14.1. The molecule has 0 radical (unpaired) electrons. The summed E-state index contributed by atoms with van der Waals surface area (Å²) in [5.74, 6) is 1.37. The van der Waals surface area contributed by atoms with Crippen LogP contribution in [0.2, 0.25) is 10.0 Å². The molecule has 0 unspecified atom stereocenters. The molecule has 0 atom stereocenters. The number of benzene rings is 2. The van der Waals surface area contributed by atoms with Gasteiger partial charge in [0.15, 0.2) is 5.82 Å². The van der Waals surface area contributed by atoms with Crippen LogP contribution in [0.5, 0.6) is 0 Å². The van der Waals surface area contributed by atoms with E-state index in [2.05, 4.69) is 10.2 Å². The van der Waals surface area contributed by atoms with Gasteiger partial charge in [-0.25, -0.2) is 0 Å². The summed E-state index contributed by atoms with van der Waals surface area (Å²) in [5, 5.41) is 15.0. The highest BCUT2D eigenvalue weighted by Gasteiger charge is 2.21. The van der Waals surface area contributed by atoms with Gasteiger partial charge in [-0.2, -0.15) is 9.78 Å². The zero-order valence-electron chi connectivity index (χ0n) is 11.8. The SMILES string of the molecule is Clc1ccc(-c2nnc3n2N=C(c2ccccc2)CS3)c(Cl)c1. The summed E-state index contributed by atoms with van der Waals surface area (Å²) in [7, 11) is 0. The molecular weight excluding hydrogens is 351 g/mol. The molecule has 2 aromatic carbocycles. The average Bonchev–Trinajstić information content (AvgIpc) is 2.99. The van der Waals surface area contributed by atoms with E-state index in [0.717, 1.165) is 27.7 Å². The van der Waals surface area contributed by atoms with E-state index in [1.165, 1.54) is 0 Å². The van der Waals surface area contributed by atoms with Crippen molar-refractivity contribution >= 4 is 40.7 Å². The van der Waals surface area contributed by atoms with Crippen LogP contribution < -0.4 is 0 Å². The normalized spacial score (nSPS) is 13.6. The molecule has 0 spiro atoms. The lowest BCUT2D eigenvalue weighted by Crippen LogP contribution is -2.13. The molecule has 0 amide bonds. The molecule has 114 valence electrons. The number of aromatic nitrogens is 3. The lowest BCUT2D eigenvalue weighted by Gasteiger charge is -2.14. The van der Waals surface area contributed by atoms with E-state index in [0.29, 0.717) is 15.9 Å². The second-order valence-corrected chi connectivity index (χ2v) is 6.73. The third kappa shape index (κ3) is 2.76. The Kier molecular flexibility index (Phi) is 3.85. The molecule has 2 heterocycles. The lowest BCUT2D eigenvalue weighted by atomic mass is 10.1. The van der Waals surface area contributed by atoms with Crippen LogP contribution in [0.25, 0.3) is 11.4 Å². The maximum absolute atomic E-state index is 6.30. The lowest BCUT2D eigenvalue weighted by molar-refractivity contribution is 0.762. The molecule has 0 saturated carbocycles. The van der Waals surface area contributed by atoms with E-state index >= 15 is 0 Å². The summed E-state index contributed by atoms with van der Waals surface area (Å²) in [5.41, 5.74) is 2.83. The van der Waals surface area contributed by atoms with Crippen LogP contribution in [0.4, 0.5) is 0 Å². The van der Waals surface area contributed by atoms with E-state index in [4.69, 9.17) is 28.3 Å². The van der Waals surface area contributed by atoms with Crippen LogP contribution in [-0.2, 0) is 0 Å². The van der Waals surface area contributed by atoms with E-state index < -0.39 is 0 Å². The summed E-state index contributed by atoms with van der Waals surface area (Å²) < 4.78 is 1.74. The van der Waals surface area contributed by atoms with Crippen molar-refractivity contribution in [2.45, 2.75) is 5.16 Å². The molecule has 0 N–H and O–H groups in total. The average molecular weight is 361 g/mol. The molecule has 23 heavy (non-hydrogen) atoms. The van der Waals surface area contributed by atoms with Crippen molar-refractivity contribution in [2.75, 3.05) is 5.75 Å². The fraction of sp³-hybridized carbons (Fsp3) is 0.0625. The maximum atomic E-state index is 6.30. The van der Waals surface area contributed by atoms with Gasteiger partial charge in [-0.05, 0) is 23.8 Å². The Morgan fingerprint density at radius 1 is 1.00 bits per heavy atom. The van der Waals surface area contributed by atoms with Gasteiger partial charge in [0, 0.05) is 16.3 Å². The van der Waals surface area contributed by atoms with Gasteiger partial charge in [0.05, 0.1) is 10.7 Å². The van der Waals surface area contributed by atoms with Crippen molar-refractivity contribution < 1.29 is 0 Å². The predicted molar refractivity (Wildman–Crippen MR) is 94.6 cm³/mol. The molecule has 0 fully saturated rings. The minimum Gasteiger partial charge on any atom is -0.186 e. The Balaban J connectivity index is 1.83. The Morgan fingerprint density at radius 2 is 1.83 bits per heavy atom. The summed E-state index contributed by atoms with van der Waals surface area (Å²) in [6.45, 7) is 0. The maximum Gasteiger partial charge on any atom is 0.212 e. The first-order valence-corrected chi connectivity index (χ1v) is 8.63. The number of fused-ring (bicyclic) bond motifs is 1. The molecule has 1 aromatic heterocycles. The second kappa shape index (κ2) is 6.00. The van der Waals surface area contributed by atoms with Gasteiger partial charge in [-0.1, -0.05) is 65.3 Å². The number of halogens is 2. The van der Waals surface area contributed by atoms with Crippen molar-refractivity contribution in [2.24, 2.45) is 5.10 Å². The molecule has 0 bridgehead atoms. The first-order chi connectivity index (χ1) is 11.2. The van der Waals surface area contributed by atoms with Crippen LogP contribution in [0.15, 0.2) is 58.8 Å². The molecule has 4 nitrogen and oxygen atoms in total. The monoisotopic (exact) mass is 360 g/mol. The molecular formula is C16H10Cl2N4S. The highest BCUT2D eigenvalue weighted by Crippen LogP contribution is 2.33. The van der Waals surface area contributed by atoms with Crippen LogP contribution in [0.3, 0.4) is 0 Å². The molecule has 4 rings (SSSR count). The van der Waals surface area contributed by atoms with Crippen molar-refractivity contribution in [3.8, 4) is 11.4 Å². The number of rotatable bonds is 2. The van der Waals surface area contributed by atoms with Gasteiger partial charge < -0.3 is 0 Å². The second-order valence-electron chi connectivity index (χ2n) is 4.94. The first-order valence-electron chi connectivity index (χ1n) is 6.89. The van der Waals surface area contributed by atoms with Gasteiger partial charge in [0.2, 0.25) is 5.16 Å². The van der Waals surface area contributed by atoms with Gasteiger partial charge in [-0.3, -0.25) is 0 Å². The highest BCUT2D eigenvalue weighted by molar-refractivity contribution is 7.99. The largest absolute Gasteiger partial charge is 0.212 e. The van der Waals surface area contributed by atoms with Gasteiger partial charge in [-0.15, -0.1) is 10.2 Å². The molecule has 1 aliphatic rings. The van der Waals surface area contributed by atoms with Gasteiger partial charge >= 0.3 is 0 Å². The third-order valence-corrected chi connectivity index (χ3v) is 4.93. The zero-order chi connectivity index (χ0) is 15.8. The Morgan fingerprint density at radius 3 is 2.61 bits per heavy atom. The number of nitrogens with zero attached hydrogens (tertiary/aromatic N) is 4. The Bertz CT molecular complexity index is 906. The summed E-state index contributed by atoms with van der Waals surface area (Å²) in [6.07, 6.45) is 0. The van der Waals surface area contributed by atoms with Crippen molar-refractivity contribution in [3.05, 3.63) is 64.1 Å². The standard InChI is InChI=1S/C16H10Cl2N4S/c17-11-6-7-12(13(18)8-11)15-19-20-16-22(15)21-14(9-23-16)10-4-2-1-3-5-10/h1-8H,9H2. The Labute approximate surface area is 147 Å². The topological polar surface area (TPSA) is 43.1 Å². The molecule has 3 aromatic rings. The number of hydrogen-bond donors (Lipinski definition) is 0. The van der Waals surface area contributed by atoms with E-state index in [1.54, 1.807) is 28.6 Å². The van der Waals surface area contributed by atoms with Gasteiger partial charge in [0.25, 0.3) is 0 Å². The first kappa shape index (κ1) is 14.8. The van der Waals surface area contributed by atoms with Gasteiger partial charge in [0.1, 0.15) is 0 Å². The van der Waals surface area contributed by atoms with Crippen LogP contribution in [-0.4, -0.2) is 26.3 Å². The number of hydrogen-bond acceptors (Lipinski definition) is 4. The van der Waals surface area contributed by atoms with Crippen LogP contribution >= 0.6 is 35.0 Å². The number of thioether (sulfide) groups is 1. The minimum atomic E-state index is 0.528. The quantitative estimate of drug-likeness (QED) is 0.670.